The van der Waals surface area contributed by atoms with Gasteiger partial charge in [-0.25, -0.2) is 0 Å². The molecule has 3 nitrogen and oxygen atoms in total. The molecule has 2 unspecified atom stereocenters. The Morgan fingerprint density at radius 2 is 2.30 bits per heavy atom. The second-order valence-electron chi connectivity index (χ2n) is 5.32. The third-order valence-electron chi connectivity index (χ3n) is 3.78. The average molecular weight is 296 g/mol. The molecule has 0 spiro atoms. The third-order valence-corrected chi connectivity index (χ3v) is 4.01. The summed E-state index contributed by atoms with van der Waals surface area (Å²) >= 11 is 5.98. The first-order valence-electron chi connectivity index (χ1n) is 7.33. The van der Waals surface area contributed by atoms with E-state index in [9.17, 15) is 4.79 Å². The lowest BCUT2D eigenvalue weighted by Crippen LogP contribution is -2.36. The maximum Gasteiger partial charge on any atom is 0.308 e. The number of ether oxygens (including phenoxy) is 1. The molecule has 0 bridgehead atoms. The van der Waals surface area contributed by atoms with Crippen LogP contribution in [-0.2, 0) is 16.1 Å². The Morgan fingerprint density at radius 3 is 3.05 bits per heavy atom. The van der Waals surface area contributed by atoms with Crippen LogP contribution in [-0.4, -0.2) is 18.6 Å². The minimum absolute atomic E-state index is 0.0400. The van der Waals surface area contributed by atoms with E-state index in [0.29, 0.717) is 12.6 Å². The first kappa shape index (κ1) is 15.3. The molecule has 1 aromatic rings. The molecule has 20 heavy (non-hydrogen) atoms. The van der Waals surface area contributed by atoms with E-state index < -0.39 is 0 Å². The van der Waals surface area contributed by atoms with E-state index in [1.165, 1.54) is 5.56 Å². The zero-order valence-corrected chi connectivity index (χ0v) is 12.7. The van der Waals surface area contributed by atoms with Gasteiger partial charge < -0.3 is 10.1 Å². The van der Waals surface area contributed by atoms with Gasteiger partial charge in [0, 0.05) is 17.6 Å². The summed E-state index contributed by atoms with van der Waals surface area (Å²) in [6.07, 6.45) is 4.03. The lowest BCUT2D eigenvalue weighted by atomic mass is 9.85. The third kappa shape index (κ3) is 4.50. The zero-order chi connectivity index (χ0) is 14.4. The van der Waals surface area contributed by atoms with Gasteiger partial charge >= 0.3 is 5.97 Å². The van der Waals surface area contributed by atoms with Crippen molar-refractivity contribution in [2.45, 2.75) is 45.2 Å². The van der Waals surface area contributed by atoms with Gasteiger partial charge in [0.2, 0.25) is 0 Å². The van der Waals surface area contributed by atoms with Crippen molar-refractivity contribution in [1.82, 2.24) is 5.32 Å². The largest absolute Gasteiger partial charge is 0.466 e. The molecule has 2 atom stereocenters. The predicted octanol–water partition coefficient (Wildman–Crippen LogP) is 3.55. The molecule has 0 amide bonds. The Morgan fingerprint density at radius 1 is 1.45 bits per heavy atom. The Hall–Kier alpha value is -1.06. The molecule has 0 aromatic heterocycles. The van der Waals surface area contributed by atoms with Gasteiger partial charge in [0.25, 0.3) is 0 Å². The fraction of sp³-hybridized carbons (Fsp3) is 0.562. The fourth-order valence-corrected chi connectivity index (χ4v) is 2.97. The molecular weight excluding hydrogens is 274 g/mol. The van der Waals surface area contributed by atoms with Gasteiger partial charge in [-0.2, -0.15) is 0 Å². The van der Waals surface area contributed by atoms with E-state index in [2.05, 4.69) is 11.4 Å². The van der Waals surface area contributed by atoms with Crippen molar-refractivity contribution >= 4 is 17.6 Å². The average Bonchev–Trinajstić information content (AvgIpc) is 2.46. The quantitative estimate of drug-likeness (QED) is 0.844. The van der Waals surface area contributed by atoms with E-state index in [0.717, 1.165) is 37.3 Å². The Labute approximate surface area is 125 Å². The zero-order valence-electron chi connectivity index (χ0n) is 11.9. The summed E-state index contributed by atoms with van der Waals surface area (Å²) in [5.74, 6) is 0.0160. The summed E-state index contributed by atoms with van der Waals surface area (Å²) in [4.78, 5) is 11.8. The van der Waals surface area contributed by atoms with Crippen molar-refractivity contribution in [3.8, 4) is 0 Å². The molecule has 0 heterocycles. The molecule has 1 N–H and O–H groups in total. The molecule has 1 fully saturated rings. The number of hydrogen-bond donors (Lipinski definition) is 1. The normalized spacial score (nSPS) is 22.5. The Balaban J connectivity index is 1.82. The van der Waals surface area contributed by atoms with E-state index in [4.69, 9.17) is 16.3 Å². The lowest BCUT2D eigenvalue weighted by molar-refractivity contribution is -0.149. The highest BCUT2D eigenvalue weighted by Crippen LogP contribution is 2.25. The molecule has 4 heteroatoms. The van der Waals surface area contributed by atoms with Gasteiger partial charge in [-0.05, 0) is 43.9 Å². The van der Waals surface area contributed by atoms with Crippen LogP contribution in [0.3, 0.4) is 0 Å². The number of hydrogen-bond acceptors (Lipinski definition) is 3. The summed E-state index contributed by atoms with van der Waals surface area (Å²) in [5, 5.41) is 4.29. The topological polar surface area (TPSA) is 38.3 Å². The molecular formula is C16H22ClNO2. The number of halogens is 1. The van der Waals surface area contributed by atoms with Crippen LogP contribution in [0.2, 0.25) is 5.02 Å². The monoisotopic (exact) mass is 295 g/mol. The number of esters is 1. The molecule has 0 saturated heterocycles. The highest BCUT2D eigenvalue weighted by molar-refractivity contribution is 6.30. The summed E-state index contributed by atoms with van der Waals surface area (Å²) in [6, 6.07) is 8.26. The Kier molecular flexibility index (Phi) is 5.86. The first-order chi connectivity index (χ1) is 9.69. The molecule has 1 aliphatic carbocycles. The van der Waals surface area contributed by atoms with E-state index >= 15 is 0 Å². The van der Waals surface area contributed by atoms with Crippen LogP contribution in [0.5, 0.6) is 0 Å². The number of carbonyl (C=O) groups excluding carboxylic acids is 1. The number of nitrogens with one attached hydrogen (secondary N) is 1. The molecule has 0 radical (unpaired) electrons. The highest BCUT2D eigenvalue weighted by atomic mass is 35.5. The number of carbonyl (C=O) groups is 1. The van der Waals surface area contributed by atoms with Crippen molar-refractivity contribution in [3.63, 3.8) is 0 Å². The summed E-state index contributed by atoms with van der Waals surface area (Å²) in [7, 11) is 0. The molecule has 1 aliphatic rings. The molecule has 2 rings (SSSR count). The van der Waals surface area contributed by atoms with Crippen molar-refractivity contribution in [1.29, 1.82) is 0 Å². The summed E-state index contributed by atoms with van der Waals surface area (Å²) < 4.78 is 5.12. The van der Waals surface area contributed by atoms with Gasteiger partial charge in [-0.15, -0.1) is 0 Å². The molecule has 1 aromatic carbocycles. The van der Waals surface area contributed by atoms with Crippen LogP contribution < -0.4 is 5.32 Å². The van der Waals surface area contributed by atoms with Crippen LogP contribution in [0.1, 0.15) is 38.2 Å². The van der Waals surface area contributed by atoms with Crippen LogP contribution in [0, 0.1) is 5.92 Å². The van der Waals surface area contributed by atoms with Crippen LogP contribution in [0.4, 0.5) is 0 Å². The maximum atomic E-state index is 11.8. The molecule has 1 saturated carbocycles. The SMILES string of the molecule is CCOC(=O)C1CCCC(NCc2cccc(Cl)c2)C1. The minimum atomic E-state index is -0.0400. The minimum Gasteiger partial charge on any atom is -0.466 e. The standard InChI is InChI=1S/C16H22ClNO2/c1-2-20-16(19)13-6-4-8-15(10-13)18-11-12-5-3-7-14(17)9-12/h3,5,7,9,13,15,18H,2,4,6,8,10-11H2,1H3. The second kappa shape index (κ2) is 7.65. The van der Waals surface area contributed by atoms with Crippen molar-refractivity contribution in [2.24, 2.45) is 5.92 Å². The van der Waals surface area contributed by atoms with Gasteiger partial charge in [-0.1, -0.05) is 30.2 Å². The smallest absolute Gasteiger partial charge is 0.308 e. The van der Waals surface area contributed by atoms with E-state index in [-0.39, 0.29) is 11.9 Å². The van der Waals surface area contributed by atoms with E-state index in [1.54, 1.807) is 0 Å². The van der Waals surface area contributed by atoms with E-state index in [1.807, 2.05) is 25.1 Å². The predicted molar refractivity (Wildman–Crippen MR) is 80.7 cm³/mol. The lowest BCUT2D eigenvalue weighted by Gasteiger charge is -2.28. The Bertz CT molecular complexity index is 450. The van der Waals surface area contributed by atoms with Gasteiger partial charge in [0.05, 0.1) is 12.5 Å². The number of benzene rings is 1. The molecule has 0 aliphatic heterocycles. The maximum absolute atomic E-state index is 11.8. The highest BCUT2D eigenvalue weighted by Gasteiger charge is 2.27. The van der Waals surface area contributed by atoms with Crippen LogP contribution in [0.25, 0.3) is 0 Å². The summed E-state index contributed by atoms with van der Waals surface area (Å²) in [5.41, 5.74) is 1.18. The number of rotatable bonds is 5. The van der Waals surface area contributed by atoms with Crippen molar-refractivity contribution < 1.29 is 9.53 Å². The fourth-order valence-electron chi connectivity index (χ4n) is 2.76. The van der Waals surface area contributed by atoms with Crippen molar-refractivity contribution in [2.75, 3.05) is 6.61 Å². The molecule has 110 valence electrons. The van der Waals surface area contributed by atoms with Gasteiger partial charge in [0.1, 0.15) is 0 Å². The van der Waals surface area contributed by atoms with Gasteiger partial charge in [0.15, 0.2) is 0 Å². The second-order valence-corrected chi connectivity index (χ2v) is 5.76. The van der Waals surface area contributed by atoms with Crippen LogP contribution >= 0.6 is 11.6 Å². The van der Waals surface area contributed by atoms with Gasteiger partial charge in [-0.3, -0.25) is 4.79 Å². The first-order valence-corrected chi connectivity index (χ1v) is 7.71. The summed E-state index contributed by atoms with van der Waals surface area (Å²) in [6.45, 7) is 3.12. The van der Waals surface area contributed by atoms with Crippen molar-refractivity contribution in [3.05, 3.63) is 34.9 Å². The van der Waals surface area contributed by atoms with Crippen LogP contribution in [0.15, 0.2) is 24.3 Å².